The molecular formula is C13H21BrN2O3S. The molecule has 0 atom stereocenters. The molecule has 1 aromatic carbocycles. The maximum atomic E-state index is 11.9. The fourth-order valence-corrected chi connectivity index (χ4v) is 3.39. The van der Waals surface area contributed by atoms with E-state index >= 15 is 0 Å². The third-order valence-electron chi connectivity index (χ3n) is 2.69. The largest absolute Gasteiger partial charge is 0.496 e. The third kappa shape index (κ3) is 6.11. The van der Waals surface area contributed by atoms with Crippen LogP contribution in [0.3, 0.4) is 0 Å². The Morgan fingerprint density at radius 3 is 2.65 bits per heavy atom. The lowest BCUT2D eigenvalue weighted by molar-refractivity contribution is 0.412. The van der Waals surface area contributed by atoms with Gasteiger partial charge in [0.15, 0.2) is 0 Å². The highest BCUT2D eigenvalue weighted by molar-refractivity contribution is 9.10. The van der Waals surface area contributed by atoms with Crippen LogP contribution in [0.5, 0.6) is 5.75 Å². The summed E-state index contributed by atoms with van der Waals surface area (Å²) in [5.74, 6) is 0.792. The molecule has 0 saturated heterocycles. The van der Waals surface area contributed by atoms with Gasteiger partial charge in [-0.25, -0.2) is 8.42 Å². The summed E-state index contributed by atoms with van der Waals surface area (Å²) >= 11 is 3.33. The molecule has 1 rings (SSSR count). The van der Waals surface area contributed by atoms with E-state index in [0.29, 0.717) is 22.3 Å². The van der Waals surface area contributed by atoms with Crippen molar-refractivity contribution in [2.45, 2.75) is 19.8 Å². The Bertz CT molecular complexity index is 520. The summed E-state index contributed by atoms with van der Waals surface area (Å²) in [4.78, 5) is 0. The molecule has 0 saturated carbocycles. The number of benzene rings is 1. The molecule has 0 unspecified atom stereocenters. The van der Waals surface area contributed by atoms with Gasteiger partial charge in [0.05, 0.1) is 17.3 Å². The average Bonchev–Trinajstić information content (AvgIpc) is 2.38. The SMILES string of the molecule is CCNCCCCS(=O)(=O)Nc1ccc(OC)c(Br)c1. The summed E-state index contributed by atoms with van der Waals surface area (Å²) < 4.78 is 32.2. The van der Waals surface area contributed by atoms with Gasteiger partial charge in [0.25, 0.3) is 0 Å². The molecule has 7 heteroatoms. The van der Waals surface area contributed by atoms with Crippen molar-refractivity contribution >= 4 is 31.6 Å². The molecule has 5 nitrogen and oxygen atoms in total. The summed E-state index contributed by atoms with van der Waals surface area (Å²) in [5.41, 5.74) is 0.532. The van der Waals surface area contributed by atoms with Crippen molar-refractivity contribution in [2.75, 3.05) is 30.7 Å². The van der Waals surface area contributed by atoms with Crippen molar-refractivity contribution in [3.63, 3.8) is 0 Å². The zero-order chi connectivity index (χ0) is 15.0. The number of rotatable bonds is 9. The third-order valence-corrected chi connectivity index (χ3v) is 4.68. The first kappa shape index (κ1) is 17.3. The lowest BCUT2D eigenvalue weighted by Crippen LogP contribution is -2.19. The predicted molar refractivity (Wildman–Crippen MR) is 85.9 cm³/mol. The number of hydrogen-bond donors (Lipinski definition) is 2. The molecule has 0 aliphatic heterocycles. The number of sulfonamides is 1. The molecule has 0 fully saturated rings. The number of methoxy groups -OCH3 is 1. The maximum absolute atomic E-state index is 11.9. The number of unbranched alkanes of at least 4 members (excludes halogenated alkanes) is 1. The zero-order valence-corrected chi connectivity index (χ0v) is 14.2. The second kappa shape index (κ2) is 8.49. The Labute approximate surface area is 129 Å². The van der Waals surface area contributed by atoms with Crippen molar-refractivity contribution in [1.29, 1.82) is 0 Å². The van der Waals surface area contributed by atoms with Crippen LogP contribution in [0.2, 0.25) is 0 Å². The van der Waals surface area contributed by atoms with Crippen molar-refractivity contribution < 1.29 is 13.2 Å². The number of anilines is 1. The normalized spacial score (nSPS) is 11.3. The average molecular weight is 365 g/mol. The van der Waals surface area contributed by atoms with Crippen LogP contribution in [0, 0.1) is 0 Å². The molecule has 0 bridgehead atoms. The summed E-state index contributed by atoms with van der Waals surface area (Å²) in [6.45, 7) is 3.78. The molecule has 0 aliphatic carbocycles. The Hall–Kier alpha value is -0.790. The molecule has 20 heavy (non-hydrogen) atoms. The van der Waals surface area contributed by atoms with E-state index in [1.807, 2.05) is 6.92 Å². The van der Waals surface area contributed by atoms with Crippen molar-refractivity contribution in [1.82, 2.24) is 5.32 Å². The van der Waals surface area contributed by atoms with Crippen LogP contribution in [-0.4, -0.2) is 34.4 Å². The highest BCUT2D eigenvalue weighted by Crippen LogP contribution is 2.28. The minimum atomic E-state index is -3.30. The van der Waals surface area contributed by atoms with E-state index in [2.05, 4.69) is 26.0 Å². The van der Waals surface area contributed by atoms with E-state index in [1.54, 1.807) is 25.3 Å². The van der Waals surface area contributed by atoms with Gasteiger partial charge in [-0.05, 0) is 60.1 Å². The Kier molecular flexibility index (Phi) is 7.32. The molecule has 0 spiro atoms. The van der Waals surface area contributed by atoms with E-state index in [4.69, 9.17) is 4.74 Å². The molecule has 0 aliphatic rings. The molecule has 1 aromatic rings. The zero-order valence-electron chi connectivity index (χ0n) is 11.8. The van der Waals surface area contributed by atoms with Gasteiger partial charge < -0.3 is 10.1 Å². The first-order valence-corrected chi connectivity index (χ1v) is 8.97. The van der Waals surface area contributed by atoms with E-state index in [0.717, 1.165) is 19.5 Å². The summed E-state index contributed by atoms with van der Waals surface area (Å²) in [6, 6.07) is 5.09. The highest BCUT2D eigenvalue weighted by Gasteiger charge is 2.11. The first-order chi connectivity index (χ1) is 9.48. The second-order valence-corrected chi connectivity index (χ2v) is 7.03. The van der Waals surface area contributed by atoms with Crippen LogP contribution >= 0.6 is 15.9 Å². The van der Waals surface area contributed by atoms with Crippen LogP contribution in [0.4, 0.5) is 5.69 Å². The highest BCUT2D eigenvalue weighted by atomic mass is 79.9. The fourth-order valence-electron chi connectivity index (χ4n) is 1.68. The maximum Gasteiger partial charge on any atom is 0.232 e. The van der Waals surface area contributed by atoms with Crippen LogP contribution in [0.25, 0.3) is 0 Å². The fraction of sp³-hybridized carbons (Fsp3) is 0.538. The quantitative estimate of drug-likeness (QED) is 0.660. The van der Waals surface area contributed by atoms with Crippen LogP contribution in [0.1, 0.15) is 19.8 Å². The summed E-state index contributed by atoms with van der Waals surface area (Å²) in [6.07, 6.45) is 1.49. The minimum Gasteiger partial charge on any atom is -0.496 e. The molecule has 0 heterocycles. The topological polar surface area (TPSA) is 67.4 Å². The number of ether oxygens (including phenoxy) is 1. The second-order valence-electron chi connectivity index (χ2n) is 4.33. The summed E-state index contributed by atoms with van der Waals surface area (Å²) in [7, 11) is -1.73. The molecule has 0 radical (unpaired) electrons. The van der Waals surface area contributed by atoms with Crippen LogP contribution in [0.15, 0.2) is 22.7 Å². The van der Waals surface area contributed by atoms with E-state index in [1.165, 1.54) is 0 Å². The van der Waals surface area contributed by atoms with Gasteiger partial charge in [0, 0.05) is 5.69 Å². The van der Waals surface area contributed by atoms with Gasteiger partial charge in [0.2, 0.25) is 10.0 Å². The Balaban J connectivity index is 2.51. The van der Waals surface area contributed by atoms with E-state index in [-0.39, 0.29) is 5.75 Å². The van der Waals surface area contributed by atoms with Crippen molar-refractivity contribution in [3.8, 4) is 5.75 Å². The number of nitrogens with one attached hydrogen (secondary N) is 2. The van der Waals surface area contributed by atoms with Gasteiger partial charge in [-0.1, -0.05) is 6.92 Å². The molecule has 0 aromatic heterocycles. The van der Waals surface area contributed by atoms with Crippen molar-refractivity contribution in [2.24, 2.45) is 0 Å². The lowest BCUT2D eigenvalue weighted by Gasteiger charge is -2.10. The van der Waals surface area contributed by atoms with E-state index < -0.39 is 10.0 Å². The van der Waals surface area contributed by atoms with Crippen molar-refractivity contribution in [3.05, 3.63) is 22.7 Å². The smallest absolute Gasteiger partial charge is 0.232 e. The minimum absolute atomic E-state index is 0.127. The summed E-state index contributed by atoms with van der Waals surface area (Å²) in [5, 5.41) is 3.17. The van der Waals surface area contributed by atoms with Gasteiger partial charge >= 0.3 is 0 Å². The van der Waals surface area contributed by atoms with Gasteiger partial charge in [-0.15, -0.1) is 0 Å². The van der Waals surface area contributed by atoms with E-state index in [9.17, 15) is 8.42 Å². The van der Waals surface area contributed by atoms with Crippen LogP contribution < -0.4 is 14.8 Å². The Morgan fingerprint density at radius 2 is 2.05 bits per heavy atom. The molecule has 0 amide bonds. The van der Waals surface area contributed by atoms with Gasteiger partial charge in [-0.3, -0.25) is 4.72 Å². The van der Waals surface area contributed by atoms with Crippen LogP contribution in [-0.2, 0) is 10.0 Å². The lowest BCUT2D eigenvalue weighted by atomic mass is 10.3. The van der Waals surface area contributed by atoms with Gasteiger partial charge in [0.1, 0.15) is 5.75 Å². The predicted octanol–water partition coefficient (Wildman–Crippen LogP) is 2.59. The first-order valence-electron chi connectivity index (χ1n) is 6.53. The molecule has 2 N–H and O–H groups in total. The number of hydrogen-bond acceptors (Lipinski definition) is 4. The number of halogens is 1. The Morgan fingerprint density at radius 1 is 1.30 bits per heavy atom. The standard InChI is InChI=1S/C13H21BrN2O3S/c1-3-15-8-4-5-9-20(17,18)16-11-6-7-13(19-2)12(14)10-11/h6-7,10,15-16H,3-5,8-9H2,1-2H3. The monoisotopic (exact) mass is 364 g/mol. The molecular weight excluding hydrogens is 344 g/mol. The van der Waals surface area contributed by atoms with Gasteiger partial charge in [-0.2, -0.15) is 0 Å². The molecule has 114 valence electrons.